The summed E-state index contributed by atoms with van der Waals surface area (Å²) in [6.45, 7) is 0. The third-order valence-electron chi connectivity index (χ3n) is 1.15. The standard InChI is InChI=1S/C5H2F6S2/c6-4(7,8)2-1-3(13-12-2)5(9,10)11/h1-2H. The van der Waals surface area contributed by atoms with E-state index in [0.717, 1.165) is 0 Å². The van der Waals surface area contributed by atoms with Gasteiger partial charge in [-0.15, -0.1) is 0 Å². The average molecular weight is 240 g/mol. The smallest absolute Gasteiger partial charge is 0.169 e. The van der Waals surface area contributed by atoms with Crippen LogP contribution in [0.4, 0.5) is 26.3 Å². The molecule has 0 radical (unpaired) electrons. The SMILES string of the molecule is FC(F)(F)C1=CC(C(F)(F)F)SS1. The van der Waals surface area contributed by atoms with E-state index in [4.69, 9.17) is 0 Å². The molecular formula is C5H2F6S2. The highest BCUT2D eigenvalue weighted by Crippen LogP contribution is 2.53. The zero-order valence-corrected chi connectivity index (χ0v) is 7.37. The van der Waals surface area contributed by atoms with E-state index < -0.39 is 22.5 Å². The predicted molar refractivity (Wildman–Crippen MR) is 39.2 cm³/mol. The summed E-state index contributed by atoms with van der Waals surface area (Å²) in [5, 5.41) is -2.05. The average Bonchev–Trinajstić information content (AvgIpc) is 2.28. The van der Waals surface area contributed by atoms with Crippen molar-refractivity contribution in [2.24, 2.45) is 0 Å². The minimum Gasteiger partial charge on any atom is -0.169 e. The molecule has 0 aliphatic carbocycles. The van der Waals surface area contributed by atoms with Crippen molar-refractivity contribution in [1.29, 1.82) is 0 Å². The van der Waals surface area contributed by atoms with Crippen molar-refractivity contribution in [3.8, 4) is 0 Å². The van der Waals surface area contributed by atoms with Gasteiger partial charge in [0.05, 0.1) is 4.91 Å². The van der Waals surface area contributed by atoms with E-state index in [1.807, 2.05) is 0 Å². The molecule has 1 aliphatic heterocycles. The summed E-state index contributed by atoms with van der Waals surface area (Å²) in [6.07, 6.45) is -9.07. The van der Waals surface area contributed by atoms with Gasteiger partial charge < -0.3 is 0 Å². The molecule has 0 amide bonds. The first-order chi connectivity index (χ1) is 5.71. The zero-order chi connectivity index (χ0) is 10.3. The van der Waals surface area contributed by atoms with E-state index in [9.17, 15) is 26.3 Å². The van der Waals surface area contributed by atoms with Crippen molar-refractivity contribution in [3.63, 3.8) is 0 Å². The van der Waals surface area contributed by atoms with Gasteiger partial charge in [0.15, 0.2) is 0 Å². The van der Waals surface area contributed by atoms with Crippen LogP contribution in [0.2, 0.25) is 0 Å². The van der Waals surface area contributed by atoms with Crippen molar-refractivity contribution < 1.29 is 26.3 Å². The molecule has 0 aromatic carbocycles. The quantitative estimate of drug-likeness (QED) is 0.467. The Bertz CT molecular complexity index is 226. The van der Waals surface area contributed by atoms with Gasteiger partial charge in [0.2, 0.25) is 0 Å². The van der Waals surface area contributed by atoms with E-state index >= 15 is 0 Å². The van der Waals surface area contributed by atoms with Gasteiger partial charge >= 0.3 is 12.4 Å². The first-order valence-electron chi connectivity index (χ1n) is 2.90. The Morgan fingerprint density at radius 2 is 1.62 bits per heavy atom. The van der Waals surface area contributed by atoms with Crippen LogP contribution in [0.15, 0.2) is 11.0 Å². The van der Waals surface area contributed by atoms with Gasteiger partial charge in [0.25, 0.3) is 0 Å². The first-order valence-corrected chi connectivity index (χ1v) is 5.11. The van der Waals surface area contributed by atoms with E-state index in [1.54, 1.807) is 0 Å². The summed E-state index contributed by atoms with van der Waals surface area (Å²) in [6, 6.07) is 0. The van der Waals surface area contributed by atoms with Gasteiger partial charge in [-0.1, -0.05) is 21.6 Å². The summed E-state index contributed by atoms with van der Waals surface area (Å²) in [7, 11) is 0.280. The topological polar surface area (TPSA) is 0 Å². The fraction of sp³-hybridized carbons (Fsp3) is 0.600. The molecular weight excluding hydrogens is 238 g/mol. The molecule has 1 rings (SSSR count). The Labute approximate surface area is 77.1 Å². The molecule has 1 unspecified atom stereocenters. The second-order valence-corrected chi connectivity index (χ2v) is 4.55. The van der Waals surface area contributed by atoms with Crippen molar-refractivity contribution in [2.75, 3.05) is 0 Å². The van der Waals surface area contributed by atoms with Crippen molar-refractivity contribution in [2.45, 2.75) is 17.6 Å². The van der Waals surface area contributed by atoms with Crippen LogP contribution < -0.4 is 0 Å². The highest BCUT2D eigenvalue weighted by molar-refractivity contribution is 8.78. The Kier molecular flexibility index (Phi) is 2.82. The van der Waals surface area contributed by atoms with E-state index in [-0.39, 0.29) is 27.7 Å². The third kappa shape index (κ3) is 2.73. The van der Waals surface area contributed by atoms with E-state index in [0.29, 0.717) is 0 Å². The Morgan fingerprint density at radius 1 is 1.08 bits per heavy atom. The Morgan fingerprint density at radius 3 is 1.85 bits per heavy atom. The minimum absolute atomic E-state index is 0.117. The van der Waals surface area contributed by atoms with Gasteiger partial charge in [-0.3, -0.25) is 0 Å². The van der Waals surface area contributed by atoms with Crippen LogP contribution in [-0.2, 0) is 0 Å². The van der Waals surface area contributed by atoms with Gasteiger partial charge in [0.1, 0.15) is 5.25 Å². The third-order valence-corrected chi connectivity index (χ3v) is 3.85. The minimum atomic E-state index is -4.67. The fourth-order valence-corrected chi connectivity index (χ4v) is 3.03. The number of alkyl halides is 6. The van der Waals surface area contributed by atoms with E-state index in [1.165, 1.54) is 0 Å². The molecule has 76 valence electrons. The maximum Gasteiger partial charge on any atom is 0.422 e. The molecule has 1 heterocycles. The normalized spacial score (nSPS) is 24.8. The van der Waals surface area contributed by atoms with Crippen molar-refractivity contribution in [3.05, 3.63) is 11.0 Å². The van der Waals surface area contributed by atoms with Gasteiger partial charge in [-0.25, -0.2) is 0 Å². The van der Waals surface area contributed by atoms with Crippen LogP contribution in [0.25, 0.3) is 0 Å². The van der Waals surface area contributed by atoms with Crippen LogP contribution in [0, 0.1) is 0 Å². The van der Waals surface area contributed by atoms with Crippen LogP contribution >= 0.6 is 21.6 Å². The summed E-state index contributed by atoms with van der Waals surface area (Å²) < 4.78 is 71.2. The molecule has 0 nitrogen and oxygen atoms in total. The molecule has 8 heteroatoms. The summed E-state index contributed by atoms with van der Waals surface area (Å²) in [5.41, 5.74) is 0. The maximum atomic E-state index is 11.9. The number of allylic oxidation sites excluding steroid dienone is 1. The van der Waals surface area contributed by atoms with Crippen LogP contribution in [0.5, 0.6) is 0 Å². The second kappa shape index (κ2) is 3.30. The summed E-state index contributed by atoms with van der Waals surface area (Å²) >= 11 is 0. The monoisotopic (exact) mass is 240 g/mol. The number of rotatable bonds is 0. The molecule has 0 aromatic heterocycles. The molecule has 0 spiro atoms. The molecule has 0 fully saturated rings. The van der Waals surface area contributed by atoms with Gasteiger partial charge in [-0.05, 0) is 6.08 Å². The Hall–Kier alpha value is 0.0200. The molecule has 1 atom stereocenters. The number of hydrogen-bond acceptors (Lipinski definition) is 2. The molecule has 0 saturated carbocycles. The van der Waals surface area contributed by atoms with Crippen LogP contribution in [-0.4, -0.2) is 17.6 Å². The van der Waals surface area contributed by atoms with Crippen LogP contribution in [0.3, 0.4) is 0 Å². The number of halogens is 6. The molecule has 0 bridgehead atoms. The molecule has 0 aromatic rings. The van der Waals surface area contributed by atoms with Gasteiger partial charge in [-0.2, -0.15) is 26.3 Å². The lowest BCUT2D eigenvalue weighted by Gasteiger charge is -2.09. The second-order valence-electron chi connectivity index (χ2n) is 2.17. The zero-order valence-electron chi connectivity index (χ0n) is 5.74. The first kappa shape index (κ1) is 11.1. The van der Waals surface area contributed by atoms with Crippen molar-refractivity contribution in [1.82, 2.24) is 0 Å². The molecule has 0 N–H and O–H groups in total. The number of hydrogen-bond donors (Lipinski definition) is 0. The summed E-state index contributed by atoms with van der Waals surface area (Å²) in [4.78, 5) is -1.18. The highest BCUT2D eigenvalue weighted by atomic mass is 33.1. The lowest BCUT2D eigenvalue weighted by atomic mass is 10.3. The lowest BCUT2D eigenvalue weighted by Crippen LogP contribution is -2.21. The van der Waals surface area contributed by atoms with Crippen LogP contribution in [0.1, 0.15) is 0 Å². The predicted octanol–water partition coefficient (Wildman–Crippen LogP) is 3.76. The maximum absolute atomic E-state index is 11.9. The molecule has 13 heavy (non-hydrogen) atoms. The fourth-order valence-electron chi connectivity index (χ4n) is 0.587. The van der Waals surface area contributed by atoms with Gasteiger partial charge in [0, 0.05) is 0 Å². The summed E-state index contributed by atoms with van der Waals surface area (Å²) in [5.74, 6) is 0. The molecule has 0 saturated heterocycles. The lowest BCUT2D eigenvalue weighted by molar-refractivity contribution is -0.120. The van der Waals surface area contributed by atoms with Crippen molar-refractivity contribution >= 4 is 21.6 Å². The molecule has 1 aliphatic rings. The highest BCUT2D eigenvalue weighted by Gasteiger charge is 2.47. The largest absolute Gasteiger partial charge is 0.422 e. The Balaban J connectivity index is 2.76. The van der Waals surface area contributed by atoms with E-state index in [2.05, 4.69) is 0 Å².